The zero-order valence-corrected chi connectivity index (χ0v) is 15.7. The molecule has 1 heterocycles. The maximum atomic E-state index is 12.4. The van der Waals surface area contributed by atoms with Crippen LogP contribution >= 0.6 is 0 Å². The normalized spacial score (nSPS) is 19.5. The highest BCUT2D eigenvalue weighted by Crippen LogP contribution is 2.24. The van der Waals surface area contributed by atoms with E-state index in [1.165, 1.54) is 12.0 Å². The Morgan fingerprint density at radius 2 is 1.92 bits per heavy atom. The molecule has 140 valence electrons. The van der Waals surface area contributed by atoms with E-state index < -0.39 is 23.7 Å². The molecule has 2 atom stereocenters. The first kappa shape index (κ1) is 19.8. The topological polar surface area (TPSA) is 65.1 Å². The molecule has 2 rings (SSSR count). The number of hydrogen-bond acceptors (Lipinski definition) is 5. The number of esters is 1. The van der Waals surface area contributed by atoms with Gasteiger partial charge in [-0.25, -0.2) is 9.59 Å². The van der Waals surface area contributed by atoms with Crippen LogP contribution in [0.1, 0.15) is 32.8 Å². The number of rotatable bonds is 3. The summed E-state index contributed by atoms with van der Waals surface area (Å²) in [5, 5.41) is 0. The third-order valence-electron chi connectivity index (χ3n) is 3.76. The second-order valence-electron chi connectivity index (χ2n) is 7.01. The second-order valence-corrected chi connectivity index (χ2v) is 7.01. The maximum absolute atomic E-state index is 12.4. The first-order valence-electron chi connectivity index (χ1n) is 8.53. The Morgan fingerprint density at radius 3 is 2.54 bits per heavy atom. The maximum Gasteiger partial charge on any atom is 0.411 e. The molecule has 1 saturated heterocycles. The van der Waals surface area contributed by atoms with Crippen LogP contribution in [-0.2, 0) is 19.0 Å². The Kier molecular flexibility index (Phi) is 6.64. The van der Waals surface area contributed by atoms with Gasteiger partial charge in [0.2, 0.25) is 0 Å². The number of carbonyl (C=O) groups is 2. The summed E-state index contributed by atoms with van der Waals surface area (Å²) in [7, 11) is 1.30. The summed E-state index contributed by atoms with van der Waals surface area (Å²) in [4.78, 5) is 25.7. The number of benzene rings is 1. The van der Waals surface area contributed by atoms with E-state index in [1.54, 1.807) is 20.8 Å². The highest BCUT2D eigenvalue weighted by Gasteiger charge is 2.42. The number of nitrogens with zero attached hydrogens (tertiary/aromatic N) is 1. The Bertz CT molecular complexity index is 684. The number of carbonyl (C=O) groups excluding carboxylic acids is 2. The number of amides is 1. The van der Waals surface area contributed by atoms with Crippen molar-refractivity contribution >= 4 is 12.1 Å². The first-order chi connectivity index (χ1) is 12.3. The molecule has 1 aromatic rings. The summed E-state index contributed by atoms with van der Waals surface area (Å²) >= 11 is 0. The van der Waals surface area contributed by atoms with Gasteiger partial charge in [0, 0.05) is 12.0 Å². The van der Waals surface area contributed by atoms with Gasteiger partial charge in [-0.2, -0.15) is 0 Å². The van der Waals surface area contributed by atoms with Crippen LogP contribution in [0.15, 0.2) is 30.3 Å². The molecule has 1 fully saturated rings. The molecule has 1 amide bonds. The van der Waals surface area contributed by atoms with Gasteiger partial charge in [-0.3, -0.25) is 4.90 Å². The van der Waals surface area contributed by atoms with Crippen LogP contribution in [0.25, 0.3) is 0 Å². The molecule has 0 N–H and O–H groups in total. The molecule has 1 aliphatic heterocycles. The summed E-state index contributed by atoms with van der Waals surface area (Å²) < 4.78 is 15.9. The molecule has 2 unspecified atom stereocenters. The fourth-order valence-corrected chi connectivity index (χ4v) is 2.62. The summed E-state index contributed by atoms with van der Waals surface area (Å²) in [6, 6.07) is 8.89. The van der Waals surface area contributed by atoms with Crippen molar-refractivity contribution in [1.82, 2.24) is 4.90 Å². The minimum Gasteiger partial charge on any atom is -0.467 e. The Balaban J connectivity index is 1.95. The highest BCUT2D eigenvalue weighted by atomic mass is 16.6. The van der Waals surface area contributed by atoms with Crippen molar-refractivity contribution in [2.75, 3.05) is 20.3 Å². The number of methoxy groups -OCH3 is 1. The van der Waals surface area contributed by atoms with Crippen molar-refractivity contribution in [2.45, 2.75) is 44.9 Å². The lowest BCUT2D eigenvalue weighted by Crippen LogP contribution is -2.44. The van der Waals surface area contributed by atoms with Crippen LogP contribution in [0.4, 0.5) is 4.79 Å². The van der Waals surface area contributed by atoms with E-state index >= 15 is 0 Å². The highest BCUT2D eigenvalue weighted by molar-refractivity contribution is 5.82. The SMILES string of the molecule is COC(=O)C1CC(OCC#Cc2ccccc2)CN1C(=O)OC(C)(C)C. The van der Waals surface area contributed by atoms with Crippen molar-refractivity contribution < 1.29 is 23.8 Å². The van der Waals surface area contributed by atoms with Crippen molar-refractivity contribution in [1.29, 1.82) is 0 Å². The van der Waals surface area contributed by atoms with Crippen LogP contribution in [0.3, 0.4) is 0 Å². The third-order valence-corrected chi connectivity index (χ3v) is 3.76. The molecular weight excluding hydrogens is 334 g/mol. The minimum absolute atomic E-state index is 0.218. The molecule has 1 aromatic carbocycles. The van der Waals surface area contributed by atoms with Gasteiger partial charge in [-0.1, -0.05) is 30.0 Å². The van der Waals surface area contributed by atoms with Crippen LogP contribution in [0.5, 0.6) is 0 Å². The van der Waals surface area contributed by atoms with Gasteiger partial charge in [0.1, 0.15) is 18.2 Å². The smallest absolute Gasteiger partial charge is 0.411 e. The van der Waals surface area contributed by atoms with Crippen molar-refractivity contribution in [3.8, 4) is 11.8 Å². The standard InChI is InChI=1S/C20H25NO5/c1-20(2,3)26-19(23)21-14-16(13-17(21)18(22)24-4)25-12-8-11-15-9-6-5-7-10-15/h5-7,9-10,16-17H,12-14H2,1-4H3. The molecule has 0 saturated carbocycles. The van der Waals surface area contributed by atoms with Gasteiger partial charge in [-0.15, -0.1) is 0 Å². The van der Waals surface area contributed by atoms with Gasteiger partial charge >= 0.3 is 12.1 Å². The molecule has 6 heteroatoms. The molecular formula is C20H25NO5. The number of hydrogen-bond donors (Lipinski definition) is 0. The van der Waals surface area contributed by atoms with Gasteiger partial charge in [-0.05, 0) is 32.9 Å². The lowest BCUT2D eigenvalue weighted by Gasteiger charge is -2.27. The average Bonchev–Trinajstić information content (AvgIpc) is 3.02. The number of ether oxygens (including phenoxy) is 3. The van der Waals surface area contributed by atoms with Crippen LogP contribution in [0.2, 0.25) is 0 Å². The second kappa shape index (κ2) is 8.72. The predicted molar refractivity (Wildman–Crippen MR) is 96.4 cm³/mol. The van der Waals surface area contributed by atoms with Crippen molar-refractivity contribution in [3.05, 3.63) is 35.9 Å². The number of likely N-dealkylation sites (tertiary alicyclic amines) is 1. The van der Waals surface area contributed by atoms with E-state index in [-0.39, 0.29) is 19.3 Å². The third kappa shape index (κ3) is 5.78. The summed E-state index contributed by atoms with van der Waals surface area (Å²) in [6.07, 6.45) is -0.482. The fourth-order valence-electron chi connectivity index (χ4n) is 2.62. The lowest BCUT2D eigenvalue weighted by molar-refractivity contribution is -0.145. The van der Waals surface area contributed by atoms with Crippen LogP contribution < -0.4 is 0 Å². The zero-order chi connectivity index (χ0) is 19.2. The van der Waals surface area contributed by atoms with E-state index in [0.717, 1.165) is 5.56 Å². The zero-order valence-electron chi connectivity index (χ0n) is 15.7. The minimum atomic E-state index is -0.707. The molecule has 0 aromatic heterocycles. The quantitative estimate of drug-likeness (QED) is 0.613. The predicted octanol–water partition coefficient (Wildman–Crippen LogP) is 2.61. The van der Waals surface area contributed by atoms with Gasteiger partial charge in [0.15, 0.2) is 0 Å². The molecule has 0 bridgehead atoms. The van der Waals surface area contributed by atoms with E-state index in [2.05, 4.69) is 11.8 Å². The van der Waals surface area contributed by atoms with E-state index in [4.69, 9.17) is 14.2 Å². The Hall–Kier alpha value is -2.52. The van der Waals surface area contributed by atoms with E-state index in [0.29, 0.717) is 6.42 Å². The molecule has 6 nitrogen and oxygen atoms in total. The molecule has 0 radical (unpaired) electrons. The first-order valence-corrected chi connectivity index (χ1v) is 8.53. The summed E-state index contributed by atoms with van der Waals surface area (Å²) in [5.74, 6) is 5.48. The van der Waals surface area contributed by atoms with Gasteiger partial charge in [0.05, 0.1) is 19.8 Å². The fraction of sp³-hybridized carbons (Fsp3) is 0.500. The van der Waals surface area contributed by atoms with Crippen molar-refractivity contribution in [3.63, 3.8) is 0 Å². The Labute approximate surface area is 154 Å². The van der Waals surface area contributed by atoms with Crippen LogP contribution in [-0.4, -0.2) is 55.0 Å². The molecule has 26 heavy (non-hydrogen) atoms. The summed E-state index contributed by atoms with van der Waals surface area (Å²) in [5.41, 5.74) is 0.267. The lowest BCUT2D eigenvalue weighted by atomic mass is 10.2. The van der Waals surface area contributed by atoms with Crippen LogP contribution in [0, 0.1) is 11.8 Å². The van der Waals surface area contributed by atoms with E-state index in [1.807, 2.05) is 30.3 Å². The van der Waals surface area contributed by atoms with E-state index in [9.17, 15) is 9.59 Å². The van der Waals surface area contributed by atoms with Gasteiger partial charge < -0.3 is 14.2 Å². The summed E-state index contributed by atoms with van der Waals surface area (Å²) in [6.45, 7) is 5.82. The van der Waals surface area contributed by atoms with Crippen molar-refractivity contribution in [2.24, 2.45) is 0 Å². The average molecular weight is 359 g/mol. The monoisotopic (exact) mass is 359 g/mol. The Morgan fingerprint density at radius 1 is 1.23 bits per heavy atom. The largest absolute Gasteiger partial charge is 0.467 e. The molecule has 1 aliphatic rings. The molecule has 0 spiro atoms. The van der Waals surface area contributed by atoms with Gasteiger partial charge in [0.25, 0.3) is 0 Å². The molecule has 0 aliphatic carbocycles.